The van der Waals surface area contributed by atoms with E-state index in [2.05, 4.69) is 14.3 Å². The van der Waals surface area contributed by atoms with Gasteiger partial charge in [0.25, 0.3) is 5.91 Å². The van der Waals surface area contributed by atoms with E-state index in [0.717, 1.165) is 0 Å². The Morgan fingerprint density at radius 2 is 1.62 bits per heavy atom. The molecule has 3 aromatic rings. The first kappa shape index (κ1) is 21.5. The van der Waals surface area contributed by atoms with Crippen LogP contribution in [0.2, 0.25) is 5.15 Å². The van der Waals surface area contributed by atoms with Gasteiger partial charge in [0.1, 0.15) is 5.15 Å². The number of halogens is 1. The predicted molar refractivity (Wildman–Crippen MR) is 118 cm³/mol. The lowest BCUT2D eigenvalue weighted by Gasteiger charge is -2.28. The number of aromatic nitrogens is 2. The molecule has 29 heavy (non-hydrogen) atoms. The Labute approximate surface area is 180 Å². The second kappa shape index (κ2) is 8.65. The molecule has 0 aliphatic carbocycles. The molecule has 1 unspecified atom stereocenters. The van der Waals surface area contributed by atoms with E-state index in [1.54, 1.807) is 68.4 Å². The molecule has 0 saturated carbocycles. The highest BCUT2D eigenvalue weighted by atomic mass is 35.5. The molecule has 0 N–H and O–H groups in total. The third-order valence-electron chi connectivity index (χ3n) is 4.46. The monoisotopic (exact) mass is 445 g/mol. The van der Waals surface area contributed by atoms with E-state index in [4.69, 9.17) is 11.6 Å². The third kappa shape index (κ3) is 4.37. The molecule has 1 heterocycles. The Hall–Kier alpha value is -2.22. The smallest absolute Gasteiger partial charge is 0.266 e. The highest BCUT2D eigenvalue weighted by Gasteiger charge is 2.38. The molecule has 1 aromatic heterocycles. The van der Waals surface area contributed by atoms with Crippen molar-refractivity contribution in [1.82, 2.24) is 9.97 Å². The molecule has 1 amide bonds. The lowest BCUT2D eigenvalue weighted by atomic mass is 10.1. The van der Waals surface area contributed by atoms with Crippen molar-refractivity contribution in [1.29, 1.82) is 0 Å². The summed E-state index contributed by atoms with van der Waals surface area (Å²) in [6.07, 6.45) is 1.83. The van der Waals surface area contributed by atoms with E-state index in [9.17, 15) is 9.00 Å². The molecule has 0 spiro atoms. The van der Waals surface area contributed by atoms with E-state index in [0.29, 0.717) is 21.3 Å². The quantitative estimate of drug-likeness (QED) is 0.296. The van der Waals surface area contributed by atoms with Crippen LogP contribution in [0.5, 0.6) is 0 Å². The number of carbonyl (C=O) groups is 1. The summed E-state index contributed by atoms with van der Waals surface area (Å²) in [6, 6.07) is 19.0. The van der Waals surface area contributed by atoms with Crippen LogP contribution in [0.4, 0.5) is 0 Å². The zero-order valence-electron chi connectivity index (χ0n) is 16.2. The van der Waals surface area contributed by atoms with Crippen molar-refractivity contribution >= 4 is 39.0 Å². The summed E-state index contributed by atoms with van der Waals surface area (Å²) >= 11 is 7.51. The van der Waals surface area contributed by atoms with Crippen LogP contribution in [0, 0.1) is 0 Å². The van der Waals surface area contributed by atoms with Gasteiger partial charge in [-0.3, -0.25) is 4.79 Å². The van der Waals surface area contributed by atoms with Crippen LogP contribution in [0.3, 0.4) is 0 Å². The molecule has 0 saturated heterocycles. The number of benzene rings is 2. The van der Waals surface area contributed by atoms with Gasteiger partial charge < -0.3 is 0 Å². The molecule has 3 rings (SSSR count). The molecule has 0 radical (unpaired) electrons. The van der Waals surface area contributed by atoms with Gasteiger partial charge in [0.15, 0.2) is 5.16 Å². The number of hydrogen-bond acceptors (Lipinski definition) is 5. The average Bonchev–Trinajstić information content (AvgIpc) is 2.74. The van der Waals surface area contributed by atoms with Gasteiger partial charge in [0.2, 0.25) is 0 Å². The van der Waals surface area contributed by atoms with Crippen LogP contribution < -0.4 is 0 Å². The zero-order valence-corrected chi connectivity index (χ0v) is 18.6. The van der Waals surface area contributed by atoms with Gasteiger partial charge >= 0.3 is 0 Å². The minimum Gasteiger partial charge on any atom is -0.266 e. The van der Waals surface area contributed by atoms with E-state index >= 15 is 0 Å². The Bertz CT molecular complexity index is 1140. The first-order valence-electron chi connectivity index (χ1n) is 8.78. The molecule has 0 bridgehead atoms. The van der Waals surface area contributed by atoms with E-state index in [-0.39, 0.29) is 5.15 Å². The summed E-state index contributed by atoms with van der Waals surface area (Å²) in [5.41, 5.74) is 0.831. The van der Waals surface area contributed by atoms with Crippen LogP contribution in [-0.4, -0.2) is 26.3 Å². The van der Waals surface area contributed by atoms with Gasteiger partial charge in [0.05, 0.1) is 20.2 Å². The van der Waals surface area contributed by atoms with Crippen LogP contribution in [-0.2, 0) is 14.5 Å². The van der Waals surface area contributed by atoms with Gasteiger partial charge in [-0.05, 0) is 50.4 Å². The number of carbonyl (C=O) groups excluding carboxylic acids is 1. The molecule has 0 aliphatic heterocycles. The minimum atomic E-state index is -3.27. The number of nitrogens with zero attached hydrogens (tertiary/aromatic N) is 3. The Balaban J connectivity index is 2.26. The molecule has 5 nitrogen and oxygen atoms in total. The van der Waals surface area contributed by atoms with Gasteiger partial charge in [-0.15, -0.1) is 0 Å². The number of rotatable bonds is 5. The van der Waals surface area contributed by atoms with Crippen molar-refractivity contribution in [2.75, 3.05) is 6.26 Å². The van der Waals surface area contributed by atoms with Crippen molar-refractivity contribution in [3.63, 3.8) is 0 Å². The molecule has 150 valence electrons. The Kier molecular flexibility index (Phi) is 6.41. The summed E-state index contributed by atoms with van der Waals surface area (Å²) in [5.74, 6) is -0.544. The summed E-state index contributed by atoms with van der Waals surface area (Å²) in [5, 5.41) is 0.710. The van der Waals surface area contributed by atoms with Gasteiger partial charge in [-0.1, -0.05) is 59.8 Å². The van der Waals surface area contributed by atoms with Gasteiger partial charge in [-0.2, -0.15) is 4.36 Å². The zero-order chi connectivity index (χ0) is 21.1. The largest absolute Gasteiger partial charge is 0.285 e. The van der Waals surface area contributed by atoms with E-state index < -0.39 is 20.4 Å². The highest BCUT2D eigenvalue weighted by Crippen LogP contribution is 2.37. The molecule has 0 aliphatic rings. The van der Waals surface area contributed by atoms with Crippen LogP contribution in [0.25, 0.3) is 0 Å². The van der Waals surface area contributed by atoms with Crippen LogP contribution in [0.15, 0.2) is 81.1 Å². The fourth-order valence-electron chi connectivity index (χ4n) is 2.75. The number of thioether (sulfide) groups is 1. The Morgan fingerprint density at radius 1 is 1.03 bits per heavy atom. The summed E-state index contributed by atoms with van der Waals surface area (Å²) in [7, 11) is -3.27. The second-order valence-electron chi connectivity index (χ2n) is 6.67. The average molecular weight is 446 g/mol. The fourth-order valence-corrected chi connectivity index (χ4v) is 5.54. The van der Waals surface area contributed by atoms with Crippen LogP contribution >= 0.6 is 23.4 Å². The van der Waals surface area contributed by atoms with Gasteiger partial charge in [0, 0.05) is 10.5 Å². The summed E-state index contributed by atoms with van der Waals surface area (Å²) in [6.45, 7) is 3.51. The maximum atomic E-state index is 14.4. The maximum Gasteiger partial charge on any atom is 0.285 e. The fraction of sp³-hybridized carbons (Fsp3) is 0.190. The SMILES string of the molecule is CSc1nc(Cl)cc(C(C)(C)S(=O)(=NC(=O)c2ccccc2)c2ccccc2)n1. The second-order valence-corrected chi connectivity index (χ2v) is 10.6. The lowest BCUT2D eigenvalue weighted by molar-refractivity contribution is 0.100. The van der Waals surface area contributed by atoms with Crippen molar-refractivity contribution in [2.24, 2.45) is 4.36 Å². The normalized spacial score (nSPS) is 13.5. The number of amides is 1. The van der Waals surface area contributed by atoms with E-state index in [1.165, 1.54) is 11.8 Å². The van der Waals surface area contributed by atoms with Crippen molar-refractivity contribution in [3.05, 3.63) is 83.1 Å². The Morgan fingerprint density at radius 3 is 2.21 bits per heavy atom. The van der Waals surface area contributed by atoms with Crippen molar-refractivity contribution in [2.45, 2.75) is 28.6 Å². The molecule has 8 heteroatoms. The first-order valence-corrected chi connectivity index (χ1v) is 11.9. The standard InChI is InChI=1S/C21H20ClN3O2S2/c1-21(2,17-14-18(22)24-20(23-17)28-3)29(27,16-12-8-5-9-13-16)25-19(26)15-10-6-4-7-11-15/h4-14H,1-3H3. The third-order valence-corrected chi connectivity index (χ3v) is 8.13. The summed E-state index contributed by atoms with van der Waals surface area (Å²) < 4.78 is 17.6. The molecular formula is C21H20ClN3O2S2. The first-order chi connectivity index (χ1) is 13.8. The predicted octanol–water partition coefficient (Wildman–Crippen LogP) is 5.45. The van der Waals surface area contributed by atoms with Crippen molar-refractivity contribution < 1.29 is 9.00 Å². The number of hydrogen-bond donors (Lipinski definition) is 0. The molecule has 1 atom stereocenters. The van der Waals surface area contributed by atoms with Gasteiger partial charge in [-0.25, -0.2) is 14.2 Å². The molecule has 0 fully saturated rings. The summed E-state index contributed by atoms with van der Waals surface area (Å²) in [4.78, 5) is 22.0. The molecule has 2 aromatic carbocycles. The topological polar surface area (TPSA) is 72.3 Å². The minimum absolute atomic E-state index is 0.247. The van der Waals surface area contributed by atoms with Crippen LogP contribution in [0.1, 0.15) is 29.9 Å². The lowest BCUT2D eigenvalue weighted by Crippen LogP contribution is -2.31. The molecular weight excluding hydrogens is 426 g/mol. The highest BCUT2D eigenvalue weighted by molar-refractivity contribution is 7.98. The maximum absolute atomic E-state index is 14.4. The van der Waals surface area contributed by atoms with E-state index in [1.807, 2.05) is 18.4 Å². The van der Waals surface area contributed by atoms with Crippen molar-refractivity contribution in [3.8, 4) is 0 Å².